The summed E-state index contributed by atoms with van der Waals surface area (Å²) in [6.07, 6.45) is 1.02. The Bertz CT molecular complexity index is 441. The van der Waals surface area contributed by atoms with Gasteiger partial charge in [0.25, 0.3) is 0 Å². The van der Waals surface area contributed by atoms with Gasteiger partial charge in [0.2, 0.25) is 5.91 Å². The largest absolute Gasteiger partial charge is 0.324 e. The van der Waals surface area contributed by atoms with E-state index in [9.17, 15) is 9.59 Å². The summed E-state index contributed by atoms with van der Waals surface area (Å²) in [5, 5.41) is 2.37. The maximum Gasteiger partial charge on any atom is 0.324 e. The molecule has 5 heteroatoms. The zero-order valence-corrected chi connectivity index (χ0v) is 10.8. The summed E-state index contributed by atoms with van der Waals surface area (Å²) in [4.78, 5) is 27.1. The SMILES string of the molecule is CCc1ccc(CN2CC(C)C(=O)NC2=O)s1. The van der Waals surface area contributed by atoms with Crippen LogP contribution in [-0.2, 0) is 17.8 Å². The minimum Gasteiger partial charge on any atom is -0.319 e. The number of rotatable bonds is 3. The highest BCUT2D eigenvalue weighted by Gasteiger charge is 2.29. The molecule has 0 radical (unpaired) electrons. The van der Waals surface area contributed by atoms with Crippen LogP contribution in [0.5, 0.6) is 0 Å². The molecule has 0 aromatic carbocycles. The highest BCUT2D eigenvalue weighted by Crippen LogP contribution is 2.20. The van der Waals surface area contributed by atoms with Crippen molar-refractivity contribution in [1.82, 2.24) is 10.2 Å². The predicted molar refractivity (Wildman–Crippen MR) is 66.8 cm³/mol. The van der Waals surface area contributed by atoms with Crippen LogP contribution in [0.4, 0.5) is 4.79 Å². The molecule has 1 saturated heterocycles. The normalized spacial score (nSPS) is 20.6. The highest BCUT2D eigenvalue weighted by molar-refractivity contribution is 7.11. The zero-order chi connectivity index (χ0) is 12.4. The summed E-state index contributed by atoms with van der Waals surface area (Å²) in [6, 6.07) is 3.87. The lowest BCUT2D eigenvalue weighted by molar-refractivity contribution is -0.125. The van der Waals surface area contributed by atoms with Crippen LogP contribution in [0, 0.1) is 5.92 Å². The van der Waals surface area contributed by atoms with Crippen LogP contribution < -0.4 is 5.32 Å². The molecule has 0 bridgehead atoms. The number of carbonyl (C=O) groups is 2. The number of urea groups is 1. The minimum absolute atomic E-state index is 0.127. The predicted octanol–water partition coefficient (Wildman–Crippen LogP) is 2.00. The average Bonchev–Trinajstić information content (AvgIpc) is 2.73. The summed E-state index contributed by atoms with van der Waals surface area (Å²) >= 11 is 1.72. The molecule has 2 rings (SSSR count). The van der Waals surface area contributed by atoms with Crippen molar-refractivity contribution >= 4 is 23.3 Å². The van der Waals surface area contributed by atoms with Gasteiger partial charge in [-0.25, -0.2) is 4.79 Å². The van der Waals surface area contributed by atoms with Gasteiger partial charge >= 0.3 is 6.03 Å². The van der Waals surface area contributed by atoms with E-state index in [1.807, 2.05) is 6.92 Å². The second kappa shape index (κ2) is 4.87. The van der Waals surface area contributed by atoms with E-state index in [2.05, 4.69) is 24.4 Å². The molecule has 1 aliphatic heterocycles. The third-order valence-electron chi connectivity index (χ3n) is 2.87. The Balaban J connectivity index is 2.03. The molecule has 1 atom stereocenters. The molecule has 1 unspecified atom stereocenters. The van der Waals surface area contributed by atoms with Gasteiger partial charge in [-0.2, -0.15) is 0 Å². The Morgan fingerprint density at radius 2 is 2.12 bits per heavy atom. The molecule has 1 aromatic heterocycles. The number of thiophene rings is 1. The van der Waals surface area contributed by atoms with Crippen molar-refractivity contribution in [2.45, 2.75) is 26.8 Å². The molecule has 1 aromatic rings. The van der Waals surface area contributed by atoms with Crippen molar-refractivity contribution < 1.29 is 9.59 Å². The Labute approximate surface area is 105 Å². The highest BCUT2D eigenvalue weighted by atomic mass is 32.1. The van der Waals surface area contributed by atoms with E-state index in [0.29, 0.717) is 13.1 Å². The molecule has 2 heterocycles. The first-order chi connectivity index (χ1) is 8.10. The van der Waals surface area contributed by atoms with Gasteiger partial charge in [0.1, 0.15) is 0 Å². The van der Waals surface area contributed by atoms with Gasteiger partial charge in [0.05, 0.1) is 12.5 Å². The molecule has 1 N–H and O–H groups in total. The molecular formula is C12H16N2O2S. The van der Waals surface area contributed by atoms with Crippen LogP contribution in [0.15, 0.2) is 12.1 Å². The van der Waals surface area contributed by atoms with Crippen LogP contribution in [0.2, 0.25) is 0 Å². The first-order valence-corrected chi connectivity index (χ1v) is 6.59. The number of nitrogens with one attached hydrogen (secondary N) is 1. The molecule has 1 fully saturated rings. The summed E-state index contributed by atoms with van der Waals surface area (Å²) in [7, 11) is 0. The van der Waals surface area contributed by atoms with E-state index in [1.165, 1.54) is 9.75 Å². The van der Waals surface area contributed by atoms with Gasteiger partial charge < -0.3 is 4.90 Å². The lowest BCUT2D eigenvalue weighted by Gasteiger charge is -2.29. The average molecular weight is 252 g/mol. The van der Waals surface area contributed by atoms with E-state index in [1.54, 1.807) is 16.2 Å². The second-order valence-electron chi connectivity index (χ2n) is 4.30. The number of aryl methyl sites for hydroxylation is 1. The number of carbonyl (C=O) groups excluding carboxylic acids is 2. The van der Waals surface area contributed by atoms with Gasteiger partial charge in [-0.15, -0.1) is 11.3 Å². The summed E-state index contributed by atoms with van der Waals surface area (Å²) in [5.41, 5.74) is 0. The molecule has 3 amide bonds. The minimum atomic E-state index is -0.278. The quantitative estimate of drug-likeness (QED) is 0.894. The van der Waals surface area contributed by atoms with E-state index in [4.69, 9.17) is 0 Å². The molecule has 0 spiro atoms. The van der Waals surface area contributed by atoms with Crippen molar-refractivity contribution in [1.29, 1.82) is 0 Å². The van der Waals surface area contributed by atoms with Crippen molar-refractivity contribution in [2.24, 2.45) is 5.92 Å². The fraction of sp³-hybridized carbons (Fsp3) is 0.500. The standard InChI is InChI=1S/C12H16N2O2S/c1-3-9-4-5-10(17-9)7-14-6-8(2)11(15)13-12(14)16/h4-5,8H,3,6-7H2,1-2H3,(H,13,15,16). The van der Waals surface area contributed by atoms with Crippen LogP contribution in [0.3, 0.4) is 0 Å². The molecular weight excluding hydrogens is 236 g/mol. The fourth-order valence-corrected chi connectivity index (χ4v) is 2.80. The molecule has 0 saturated carbocycles. The number of nitrogens with zero attached hydrogens (tertiary/aromatic N) is 1. The number of hydrogen-bond donors (Lipinski definition) is 1. The first-order valence-electron chi connectivity index (χ1n) is 5.77. The fourth-order valence-electron chi connectivity index (χ4n) is 1.83. The second-order valence-corrected chi connectivity index (χ2v) is 5.55. The van der Waals surface area contributed by atoms with Crippen LogP contribution in [-0.4, -0.2) is 23.4 Å². The van der Waals surface area contributed by atoms with E-state index in [-0.39, 0.29) is 17.9 Å². The van der Waals surface area contributed by atoms with E-state index < -0.39 is 0 Å². The van der Waals surface area contributed by atoms with E-state index >= 15 is 0 Å². The van der Waals surface area contributed by atoms with Crippen LogP contribution in [0.1, 0.15) is 23.6 Å². The molecule has 0 aliphatic carbocycles. The number of hydrogen-bond acceptors (Lipinski definition) is 3. The molecule has 92 valence electrons. The van der Waals surface area contributed by atoms with Gasteiger partial charge in [-0.3, -0.25) is 10.1 Å². The van der Waals surface area contributed by atoms with Crippen LogP contribution in [0.25, 0.3) is 0 Å². The lowest BCUT2D eigenvalue weighted by atomic mass is 10.1. The molecule has 4 nitrogen and oxygen atoms in total. The van der Waals surface area contributed by atoms with Gasteiger partial charge in [0.15, 0.2) is 0 Å². The monoisotopic (exact) mass is 252 g/mol. The van der Waals surface area contributed by atoms with Crippen molar-refractivity contribution in [3.8, 4) is 0 Å². The van der Waals surface area contributed by atoms with Crippen molar-refractivity contribution in [2.75, 3.05) is 6.54 Å². The summed E-state index contributed by atoms with van der Waals surface area (Å²) in [5.74, 6) is -0.301. The van der Waals surface area contributed by atoms with Crippen molar-refractivity contribution in [3.63, 3.8) is 0 Å². The zero-order valence-electron chi connectivity index (χ0n) is 10.0. The topological polar surface area (TPSA) is 49.4 Å². The Morgan fingerprint density at radius 3 is 2.76 bits per heavy atom. The summed E-state index contributed by atoms with van der Waals surface area (Å²) < 4.78 is 0. The Morgan fingerprint density at radius 1 is 1.41 bits per heavy atom. The Hall–Kier alpha value is -1.36. The maximum atomic E-state index is 11.6. The first kappa shape index (κ1) is 12.1. The lowest BCUT2D eigenvalue weighted by Crippen LogP contribution is -2.53. The molecule has 1 aliphatic rings. The number of amides is 3. The van der Waals surface area contributed by atoms with E-state index in [0.717, 1.165) is 6.42 Å². The third kappa shape index (κ3) is 2.66. The Kier molecular flexibility index (Phi) is 3.47. The molecule has 17 heavy (non-hydrogen) atoms. The third-order valence-corrected chi connectivity index (χ3v) is 4.09. The van der Waals surface area contributed by atoms with Gasteiger partial charge in [0, 0.05) is 16.3 Å². The summed E-state index contributed by atoms with van der Waals surface area (Å²) in [6.45, 7) is 5.04. The van der Waals surface area contributed by atoms with Crippen LogP contribution >= 0.6 is 11.3 Å². The van der Waals surface area contributed by atoms with Gasteiger partial charge in [-0.1, -0.05) is 13.8 Å². The van der Waals surface area contributed by atoms with Crippen molar-refractivity contribution in [3.05, 3.63) is 21.9 Å². The maximum absolute atomic E-state index is 11.6. The smallest absolute Gasteiger partial charge is 0.319 e. The van der Waals surface area contributed by atoms with Gasteiger partial charge in [-0.05, 0) is 18.6 Å². The number of imide groups is 1.